The molecule has 0 aliphatic carbocycles. The Hall–Kier alpha value is 6.35. The molecule has 0 aliphatic heterocycles. The molecular formula is H7CeErGeLuPYb. The van der Waals surface area contributed by atoms with Gasteiger partial charge in [-0.05, 0) is 0 Å². The summed E-state index contributed by atoms with van der Waals surface area (Å²) in [5.74, 6) is 0. The molecule has 0 aromatic heterocycles. The second-order valence-electron chi connectivity index (χ2n) is 0. The third-order valence-electron chi connectivity index (χ3n) is 0. The molecular weight excluding hydrogens is 759 g/mol. The quantitative estimate of drug-likeness (QED) is 0.211. The summed E-state index contributed by atoms with van der Waals surface area (Å²) in [4.78, 5) is 0. The normalized spacial score (nSPS) is 0. The summed E-state index contributed by atoms with van der Waals surface area (Å²) < 4.78 is 0. The zero-order valence-electron chi connectivity index (χ0n) is 2.02. The molecule has 0 spiro atoms. The van der Waals surface area contributed by atoms with Crippen molar-refractivity contribution in [3.05, 3.63) is 0 Å². The molecule has 0 saturated heterocycles. The van der Waals surface area contributed by atoms with Gasteiger partial charge < -0.3 is 0 Å². The van der Waals surface area contributed by atoms with E-state index in [1.54, 1.807) is 0 Å². The Kier molecular flexibility index (Phi) is 198. The van der Waals surface area contributed by atoms with Crippen molar-refractivity contribution in [3.8, 4) is 0 Å². The van der Waals surface area contributed by atoms with Crippen LogP contribution in [0.3, 0.4) is 0 Å². The zero-order valence-corrected chi connectivity index (χ0v) is 11.8. The van der Waals surface area contributed by atoms with Crippen LogP contribution < -0.4 is 0 Å². The Morgan fingerprint density at radius 3 is 1.00 bits per heavy atom. The summed E-state index contributed by atoms with van der Waals surface area (Å²) in [7, 11) is 0. The van der Waals surface area contributed by atoms with E-state index in [0.717, 1.165) is 0 Å². The van der Waals surface area contributed by atoms with Crippen LogP contribution in [0.1, 0.15) is 0 Å². The van der Waals surface area contributed by atoms with E-state index in [9.17, 15) is 0 Å². The Morgan fingerprint density at radius 1 is 1.00 bits per heavy atom. The van der Waals surface area contributed by atoms with Crippen LogP contribution in [0.2, 0.25) is 0 Å². The van der Waals surface area contributed by atoms with Gasteiger partial charge in [0.1, 0.15) is 0 Å². The van der Waals surface area contributed by atoms with Crippen molar-refractivity contribution < 1.29 is 163 Å². The second-order valence-corrected chi connectivity index (χ2v) is 0. The van der Waals surface area contributed by atoms with Crippen molar-refractivity contribution in [3.63, 3.8) is 0 Å². The predicted molar refractivity (Wildman–Crippen MR) is 22.4 cm³/mol. The first-order valence-electron chi connectivity index (χ1n) is 0. The van der Waals surface area contributed by atoms with E-state index in [1.807, 2.05) is 0 Å². The summed E-state index contributed by atoms with van der Waals surface area (Å²) >= 11 is 0. The molecule has 0 N–H and O–H groups in total. The predicted octanol–water partition coefficient (Wildman–Crippen LogP) is -1.39. The molecule has 1 atom stereocenters. The monoisotopic (exact) mass is 767 g/mol. The van der Waals surface area contributed by atoms with E-state index >= 15 is 0 Å². The van der Waals surface area contributed by atoms with Gasteiger partial charge in [0.2, 0.25) is 0 Å². The van der Waals surface area contributed by atoms with E-state index in [1.165, 1.54) is 0 Å². The fourth-order valence-electron chi connectivity index (χ4n) is 0. The van der Waals surface area contributed by atoms with E-state index in [-0.39, 0.29) is 190 Å². The van der Waals surface area contributed by atoms with E-state index < -0.39 is 0 Å². The van der Waals surface area contributed by atoms with Gasteiger partial charge in [0, 0.05) is 163 Å². The summed E-state index contributed by atoms with van der Waals surface area (Å²) in [6.07, 6.45) is 0. The van der Waals surface area contributed by atoms with Crippen LogP contribution in [0.4, 0.5) is 0 Å². The van der Waals surface area contributed by atoms with E-state index in [2.05, 4.69) is 0 Å². The Morgan fingerprint density at radius 2 is 1.00 bits per heavy atom. The van der Waals surface area contributed by atoms with Gasteiger partial charge in [-0.3, -0.25) is 0 Å². The Bertz CT molecular complexity index is 15.5. The largest absolute Gasteiger partial charge is 0 e. The van der Waals surface area contributed by atoms with E-state index in [0.29, 0.717) is 0 Å². The van der Waals surface area contributed by atoms with Crippen molar-refractivity contribution in [2.75, 3.05) is 0 Å². The van der Waals surface area contributed by atoms with Gasteiger partial charge >= 0.3 is 17.6 Å². The van der Waals surface area contributed by atoms with Crippen LogP contribution in [0.15, 0.2) is 0 Å². The minimum Gasteiger partial charge on any atom is 0 e. The molecule has 1 unspecified atom stereocenters. The van der Waals surface area contributed by atoms with Gasteiger partial charge in [0.25, 0.3) is 0 Å². The van der Waals surface area contributed by atoms with Gasteiger partial charge in [-0.25, -0.2) is 0 Å². The minimum absolute atomic E-state index is 0. The van der Waals surface area contributed by atoms with Crippen LogP contribution in [0.5, 0.6) is 0 Å². The first kappa shape index (κ1) is 39.5. The molecule has 1 radical (unpaired) electrons. The summed E-state index contributed by atoms with van der Waals surface area (Å²) in [5, 5.41) is 0. The average Bonchev–Trinajstić information content (AvgIpc) is 0. The molecule has 0 aliphatic rings. The van der Waals surface area contributed by atoms with Gasteiger partial charge in [0.15, 0.2) is 0 Å². The molecule has 6 heteroatoms. The molecule has 0 aromatic rings. The van der Waals surface area contributed by atoms with Crippen molar-refractivity contribution in [2.45, 2.75) is 0 Å². The van der Waals surface area contributed by atoms with Crippen molar-refractivity contribution >= 4 is 27.5 Å². The smallest absolute Gasteiger partial charge is 0 e. The second kappa shape index (κ2) is 30.2. The SMILES string of the molecule is P.[Ce].[Er].[GeH4].[Lu].[Yb]. The van der Waals surface area contributed by atoms with Crippen molar-refractivity contribution in [2.24, 2.45) is 0 Å². The van der Waals surface area contributed by atoms with Crippen molar-refractivity contribution in [1.82, 2.24) is 0 Å². The molecule has 61 valence electrons. The molecule has 0 bridgehead atoms. The standard InChI is InChI=1S/Ce.Er.GeH4.Lu.H3P.Yb/h;;1H4;;1H3;. The molecule has 0 fully saturated rings. The molecule has 0 nitrogen and oxygen atoms in total. The third-order valence-corrected chi connectivity index (χ3v) is 0. The fraction of sp³-hybridized carbons (Fsp3) is 0. The van der Waals surface area contributed by atoms with Crippen LogP contribution in [-0.4, -0.2) is 17.6 Å². The summed E-state index contributed by atoms with van der Waals surface area (Å²) in [6.45, 7) is 0. The minimum atomic E-state index is 0. The number of hydrogen-bond acceptors (Lipinski definition) is 0. The molecule has 0 amide bonds. The fourth-order valence-corrected chi connectivity index (χ4v) is 0. The average molecular weight is 766 g/mol. The van der Waals surface area contributed by atoms with Crippen molar-refractivity contribution in [1.29, 1.82) is 0 Å². The molecule has 0 saturated carbocycles. The number of rotatable bonds is 0. The van der Waals surface area contributed by atoms with Crippen LogP contribution in [0.25, 0.3) is 0 Å². The van der Waals surface area contributed by atoms with Gasteiger partial charge in [0.05, 0.1) is 0 Å². The molecule has 0 heterocycles. The molecule has 0 aromatic carbocycles. The Balaban J connectivity index is 0. The maximum absolute atomic E-state index is 0. The zero-order chi connectivity index (χ0) is 0. The van der Waals surface area contributed by atoms with Gasteiger partial charge in [-0.15, -0.1) is 0 Å². The van der Waals surface area contributed by atoms with Crippen LogP contribution in [-0.2, 0) is 0 Å². The first-order valence-corrected chi connectivity index (χ1v) is 0. The number of hydrogen-bond donors (Lipinski definition) is 0. The van der Waals surface area contributed by atoms with Gasteiger partial charge in [-0.2, -0.15) is 9.90 Å². The van der Waals surface area contributed by atoms with Gasteiger partial charge in [-0.1, -0.05) is 0 Å². The third kappa shape index (κ3) is 22.4. The topological polar surface area (TPSA) is 0 Å². The first-order chi connectivity index (χ1) is 0. The maximum atomic E-state index is 0. The van der Waals surface area contributed by atoms with Crippen LogP contribution >= 0.6 is 9.90 Å². The van der Waals surface area contributed by atoms with Crippen LogP contribution in [0, 0.1) is 163 Å². The summed E-state index contributed by atoms with van der Waals surface area (Å²) in [5.41, 5.74) is 0. The Labute approximate surface area is 184 Å². The molecule has 6 heavy (non-hydrogen) atoms. The maximum Gasteiger partial charge on any atom is 0 e. The summed E-state index contributed by atoms with van der Waals surface area (Å²) in [6, 6.07) is 0. The molecule has 0 rings (SSSR count). The van der Waals surface area contributed by atoms with E-state index in [4.69, 9.17) is 0 Å².